The molecule has 0 heterocycles. The molecule has 2 radical (unpaired) electrons. The van der Waals surface area contributed by atoms with Gasteiger partial charge in [0, 0.05) is 14.2 Å². The largest absolute Gasteiger partial charge is 0.450 e. The highest BCUT2D eigenvalue weighted by Crippen LogP contribution is 2.57. The Hall–Kier alpha value is -0.00506. The Balaban J connectivity index is 3.60. The number of ether oxygens (including phenoxy) is 4. The molecule has 0 aromatic heterocycles. The van der Waals surface area contributed by atoms with Crippen molar-refractivity contribution in [2.24, 2.45) is 0 Å². The van der Waals surface area contributed by atoms with E-state index in [1.54, 1.807) is 14.2 Å². The predicted molar refractivity (Wildman–Crippen MR) is 80.2 cm³/mol. The Bertz CT molecular complexity index is 216. The van der Waals surface area contributed by atoms with Crippen molar-refractivity contribution in [2.45, 2.75) is 0 Å². The van der Waals surface area contributed by atoms with Gasteiger partial charge < -0.3 is 18.9 Å². The van der Waals surface area contributed by atoms with E-state index >= 15 is 0 Å². The summed E-state index contributed by atoms with van der Waals surface area (Å²) in [5, 5.41) is 0. The van der Waals surface area contributed by atoms with Crippen LogP contribution < -0.4 is 0 Å². The van der Waals surface area contributed by atoms with Crippen molar-refractivity contribution in [2.75, 3.05) is 67.1 Å². The average molecular weight is 307 g/mol. The van der Waals surface area contributed by atoms with Gasteiger partial charge in [0.25, 0.3) is 0 Å². The van der Waals surface area contributed by atoms with Crippen LogP contribution in [0, 0.1) is 0 Å². The second-order valence-corrected chi connectivity index (χ2v) is 5.88. The van der Waals surface area contributed by atoms with Crippen LogP contribution in [-0.4, -0.2) is 74.6 Å². The van der Waals surface area contributed by atoms with Crippen LogP contribution >= 0.6 is 7.59 Å². The smallest absolute Gasteiger partial charge is 0.382 e. The van der Waals surface area contributed by atoms with Gasteiger partial charge in [0.15, 0.2) is 0 Å². The molecule has 0 amide bonds. The molecule has 0 aromatic carbocycles. The second kappa shape index (κ2) is 14.0. The Morgan fingerprint density at radius 3 is 1.55 bits per heavy atom. The molecule has 0 unspecified atom stereocenters. The molecule has 0 atom stereocenters. The van der Waals surface area contributed by atoms with Crippen LogP contribution in [0.1, 0.15) is 0 Å². The van der Waals surface area contributed by atoms with Crippen molar-refractivity contribution < 1.29 is 28.0 Å². The minimum absolute atomic E-state index is 0.352. The quantitative estimate of drug-likeness (QED) is 0.259. The number of methoxy groups -OCH3 is 2. The lowest BCUT2D eigenvalue weighted by Crippen LogP contribution is -2.12. The van der Waals surface area contributed by atoms with Gasteiger partial charge in [-0.25, -0.2) is 9.05 Å². The third-order valence-corrected chi connectivity index (χ3v) is 3.84. The summed E-state index contributed by atoms with van der Waals surface area (Å²) in [5.41, 5.74) is 0. The lowest BCUT2D eigenvalue weighted by atomic mass is 10.7. The Kier molecular flexibility index (Phi) is 14.0. The predicted octanol–water partition coefficient (Wildman–Crippen LogP) is 1.42. The SMILES string of the molecule is [B][P+](C=C)(OCCOCCOC)OCCOCCOC. The molecule has 0 spiro atoms. The zero-order valence-electron chi connectivity index (χ0n) is 12.4. The van der Waals surface area contributed by atoms with E-state index in [-0.39, 0.29) is 0 Å². The molecular weight excluding hydrogens is 282 g/mol. The van der Waals surface area contributed by atoms with Crippen LogP contribution in [0.4, 0.5) is 0 Å². The highest BCUT2D eigenvalue weighted by molar-refractivity contribution is 7.92. The molecule has 0 N–H and O–H groups in total. The number of hydrogen-bond acceptors (Lipinski definition) is 6. The van der Waals surface area contributed by atoms with Gasteiger partial charge in [-0.15, -0.1) is 0 Å². The van der Waals surface area contributed by atoms with E-state index in [0.717, 1.165) is 0 Å². The molecule has 0 saturated carbocycles. The van der Waals surface area contributed by atoms with Crippen molar-refractivity contribution in [3.05, 3.63) is 12.4 Å². The van der Waals surface area contributed by atoms with Gasteiger partial charge in [-0.2, -0.15) is 0 Å². The molecule has 0 rings (SSSR count). The summed E-state index contributed by atoms with van der Waals surface area (Å²) in [5.74, 6) is 1.51. The molecule has 0 fully saturated rings. The zero-order valence-corrected chi connectivity index (χ0v) is 13.3. The fourth-order valence-electron chi connectivity index (χ4n) is 1.11. The molecular formula is C12H25BO6P+. The lowest BCUT2D eigenvalue weighted by Gasteiger charge is -2.17. The fourth-order valence-corrected chi connectivity index (χ4v) is 2.11. The van der Waals surface area contributed by atoms with E-state index in [0.29, 0.717) is 52.9 Å². The third-order valence-electron chi connectivity index (χ3n) is 2.16. The van der Waals surface area contributed by atoms with Gasteiger partial charge >= 0.3 is 7.57 Å². The summed E-state index contributed by atoms with van der Waals surface area (Å²) in [6.07, 6.45) is 0. The van der Waals surface area contributed by atoms with E-state index in [9.17, 15) is 0 Å². The summed E-state index contributed by atoms with van der Waals surface area (Å²) in [6.45, 7) is 7.38. The lowest BCUT2D eigenvalue weighted by molar-refractivity contribution is 0.0453. The minimum atomic E-state index is -2.52. The van der Waals surface area contributed by atoms with Gasteiger partial charge in [0.2, 0.25) is 7.59 Å². The summed E-state index contributed by atoms with van der Waals surface area (Å²) in [6, 6.07) is 0. The molecule has 0 bridgehead atoms. The first-order valence-corrected chi connectivity index (χ1v) is 8.18. The summed E-state index contributed by atoms with van der Waals surface area (Å²) in [4.78, 5) is 0. The van der Waals surface area contributed by atoms with Gasteiger partial charge in [-0.1, -0.05) is 6.58 Å². The average Bonchev–Trinajstić information content (AvgIpc) is 2.46. The van der Waals surface area contributed by atoms with Crippen molar-refractivity contribution in [1.29, 1.82) is 0 Å². The van der Waals surface area contributed by atoms with Crippen LogP contribution in [0.3, 0.4) is 0 Å². The number of rotatable bonds is 15. The zero-order chi connectivity index (χ0) is 15.1. The highest BCUT2D eigenvalue weighted by Gasteiger charge is 2.32. The first kappa shape index (κ1) is 20.0. The summed E-state index contributed by atoms with van der Waals surface area (Å²) >= 11 is 0. The van der Waals surface area contributed by atoms with Crippen molar-refractivity contribution in [1.82, 2.24) is 0 Å². The first-order chi connectivity index (χ1) is 9.68. The molecule has 0 aromatic rings. The van der Waals surface area contributed by atoms with Gasteiger partial charge in [-0.3, -0.25) is 0 Å². The highest BCUT2D eigenvalue weighted by atomic mass is 31.2. The topological polar surface area (TPSA) is 55.4 Å². The Morgan fingerprint density at radius 1 is 0.800 bits per heavy atom. The van der Waals surface area contributed by atoms with E-state index in [2.05, 4.69) is 6.58 Å². The molecule has 0 saturated heterocycles. The molecule has 0 aliphatic rings. The molecule has 20 heavy (non-hydrogen) atoms. The molecule has 6 nitrogen and oxygen atoms in total. The molecule has 0 aliphatic carbocycles. The van der Waals surface area contributed by atoms with Crippen molar-refractivity contribution in [3.63, 3.8) is 0 Å². The van der Waals surface area contributed by atoms with E-state index in [4.69, 9.17) is 35.6 Å². The fraction of sp³-hybridized carbons (Fsp3) is 0.833. The number of hydrogen-bond donors (Lipinski definition) is 0. The third kappa shape index (κ3) is 11.8. The maximum Gasteiger partial charge on any atom is 0.450 e. The summed E-state index contributed by atoms with van der Waals surface area (Å²) < 4.78 is 31.2. The van der Waals surface area contributed by atoms with Crippen LogP contribution in [0.5, 0.6) is 0 Å². The van der Waals surface area contributed by atoms with Gasteiger partial charge in [-0.05, 0) is 0 Å². The first-order valence-electron chi connectivity index (χ1n) is 6.42. The normalized spacial score (nSPS) is 11.7. The molecule has 0 aliphatic heterocycles. The maximum absolute atomic E-state index is 5.97. The maximum atomic E-state index is 5.97. The van der Waals surface area contributed by atoms with Crippen LogP contribution in [0.15, 0.2) is 12.4 Å². The monoisotopic (exact) mass is 307 g/mol. The van der Waals surface area contributed by atoms with Crippen LogP contribution in [-0.2, 0) is 28.0 Å². The standard InChI is InChI=1S/C12H25BO6P/c1-4-20(13,18-11-9-16-7-5-14-2)19-12-10-17-8-6-15-3/h4H,1,5-12H2,2-3H3/q+1. The van der Waals surface area contributed by atoms with Crippen LogP contribution in [0.25, 0.3) is 0 Å². The van der Waals surface area contributed by atoms with E-state index in [1.807, 2.05) is 0 Å². The Labute approximate surface area is 123 Å². The summed E-state index contributed by atoms with van der Waals surface area (Å²) in [7, 11) is 6.69. The van der Waals surface area contributed by atoms with E-state index < -0.39 is 7.59 Å². The molecule has 116 valence electrons. The van der Waals surface area contributed by atoms with Gasteiger partial charge in [0.1, 0.15) is 13.2 Å². The minimum Gasteiger partial charge on any atom is -0.382 e. The second-order valence-electron chi connectivity index (χ2n) is 3.70. The molecule has 8 heteroatoms. The van der Waals surface area contributed by atoms with Gasteiger partial charge in [0.05, 0.1) is 45.5 Å². The van der Waals surface area contributed by atoms with Crippen molar-refractivity contribution in [3.8, 4) is 0 Å². The Morgan fingerprint density at radius 2 is 1.20 bits per heavy atom. The van der Waals surface area contributed by atoms with Crippen LogP contribution in [0.2, 0.25) is 0 Å². The van der Waals surface area contributed by atoms with E-state index in [1.165, 1.54) is 5.82 Å². The van der Waals surface area contributed by atoms with Crippen molar-refractivity contribution >= 4 is 15.2 Å².